The second-order valence-corrected chi connectivity index (χ2v) is 6.20. The largest absolute Gasteiger partial charge is 0.325 e. The van der Waals surface area contributed by atoms with Crippen molar-refractivity contribution >= 4 is 35.8 Å². The number of carbonyl (C=O) groups is 1. The third-order valence-electron chi connectivity index (χ3n) is 3.14. The molecule has 1 fully saturated rings. The highest BCUT2D eigenvalue weighted by atomic mass is 35.5. The number of benzene rings is 1. The highest BCUT2D eigenvalue weighted by molar-refractivity contribution is 8.00. The zero-order valence-electron chi connectivity index (χ0n) is 11.1. The van der Waals surface area contributed by atoms with Crippen LogP contribution in [0.4, 0.5) is 5.69 Å². The molecule has 0 heterocycles. The topological polar surface area (TPSA) is 55.1 Å². The lowest BCUT2D eigenvalue weighted by Gasteiger charge is -2.10. The van der Waals surface area contributed by atoms with E-state index >= 15 is 0 Å². The molecule has 106 valence electrons. The molecule has 0 spiro atoms. The van der Waals surface area contributed by atoms with Crippen LogP contribution in [0.25, 0.3) is 0 Å². The van der Waals surface area contributed by atoms with Crippen molar-refractivity contribution in [3.63, 3.8) is 0 Å². The number of anilines is 1. The molecule has 1 aliphatic rings. The smallest absolute Gasteiger partial charge is 0.240 e. The average Bonchev–Trinajstić information content (AvgIpc) is 2.84. The van der Waals surface area contributed by atoms with Gasteiger partial charge in [-0.1, -0.05) is 12.8 Å². The molecule has 1 saturated carbocycles. The summed E-state index contributed by atoms with van der Waals surface area (Å²) in [5, 5.41) is 3.56. The first-order chi connectivity index (χ1) is 8.65. The average molecular weight is 301 g/mol. The number of rotatable bonds is 4. The van der Waals surface area contributed by atoms with Crippen molar-refractivity contribution in [2.24, 2.45) is 5.73 Å². The number of nitrogens with two attached hydrogens (primary N) is 1. The lowest BCUT2D eigenvalue weighted by atomic mass is 10.3. The van der Waals surface area contributed by atoms with E-state index in [0.717, 1.165) is 10.9 Å². The molecule has 0 radical (unpaired) electrons. The van der Waals surface area contributed by atoms with E-state index in [4.69, 9.17) is 5.73 Å². The molecule has 2 rings (SSSR count). The second-order valence-electron chi connectivity index (χ2n) is 4.83. The van der Waals surface area contributed by atoms with Crippen molar-refractivity contribution in [1.29, 1.82) is 0 Å². The first kappa shape index (κ1) is 16.3. The van der Waals surface area contributed by atoms with Gasteiger partial charge in [0.25, 0.3) is 0 Å². The van der Waals surface area contributed by atoms with Crippen LogP contribution in [-0.4, -0.2) is 17.2 Å². The van der Waals surface area contributed by atoms with Gasteiger partial charge in [-0.2, -0.15) is 0 Å². The maximum atomic E-state index is 11.4. The minimum absolute atomic E-state index is 0. The van der Waals surface area contributed by atoms with Crippen molar-refractivity contribution in [3.05, 3.63) is 24.3 Å². The maximum absolute atomic E-state index is 11.4. The monoisotopic (exact) mass is 300 g/mol. The summed E-state index contributed by atoms with van der Waals surface area (Å²) in [6, 6.07) is 7.55. The summed E-state index contributed by atoms with van der Waals surface area (Å²) >= 11 is 1.95. The van der Waals surface area contributed by atoms with Crippen molar-refractivity contribution in [2.45, 2.75) is 48.8 Å². The Morgan fingerprint density at radius 2 is 1.89 bits per heavy atom. The molecule has 3 N–H and O–H groups in total. The molecule has 0 saturated heterocycles. The fraction of sp³-hybridized carbons (Fsp3) is 0.500. The number of carbonyl (C=O) groups excluding carboxylic acids is 1. The fourth-order valence-electron chi connectivity index (χ4n) is 2.07. The Bertz CT molecular complexity index is 402. The molecule has 0 aliphatic heterocycles. The molecule has 0 unspecified atom stereocenters. The van der Waals surface area contributed by atoms with Crippen molar-refractivity contribution in [2.75, 3.05) is 5.32 Å². The Hall–Kier alpha value is -0.710. The second kappa shape index (κ2) is 7.78. The molecule has 5 heteroatoms. The van der Waals surface area contributed by atoms with Crippen LogP contribution in [0.5, 0.6) is 0 Å². The number of thioether (sulfide) groups is 1. The van der Waals surface area contributed by atoms with Gasteiger partial charge in [0.05, 0.1) is 6.04 Å². The number of hydrogen-bond donors (Lipinski definition) is 2. The van der Waals surface area contributed by atoms with E-state index in [1.165, 1.54) is 30.6 Å². The summed E-state index contributed by atoms with van der Waals surface area (Å²) < 4.78 is 0. The zero-order chi connectivity index (χ0) is 13.0. The highest BCUT2D eigenvalue weighted by Gasteiger charge is 2.16. The number of halogens is 1. The Morgan fingerprint density at radius 1 is 1.32 bits per heavy atom. The standard InChI is InChI=1S/C14H20N2OS.ClH/c1-10(15)14(17)16-11-6-8-13(9-7-11)18-12-4-2-3-5-12;/h6-10,12H,2-5,15H2,1H3,(H,16,17);1H/t10-;/m0./s1. The van der Waals surface area contributed by atoms with E-state index in [1.807, 2.05) is 23.9 Å². The number of hydrogen-bond acceptors (Lipinski definition) is 3. The van der Waals surface area contributed by atoms with E-state index in [-0.39, 0.29) is 18.3 Å². The Morgan fingerprint density at radius 3 is 2.42 bits per heavy atom. The van der Waals surface area contributed by atoms with Crippen LogP contribution in [0.15, 0.2) is 29.2 Å². The zero-order valence-corrected chi connectivity index (χ0v) is 12.7. The molecular weight excluding hydrogens is 280 g/mol. The van der Waals surface area contributed by atoms with Gasteiger partial charge in [0.15, 0.2) is 0 Å². The van der Waals surface area contributed by atoms with Gasteiger partial charge >= 0.3 is 0 Å². The molecule has 0 bridgehead atoms. The predicted molar refractivity (Wildman–Crippen MR) is 84.1 cm³/mol. The molecule has 19 heavy (non-hydrogen) atoms. The SMILES string of the molecule is C[C@H](N)C(=O)Nc1ccc(SC2CCCC2)cc1.Cl. The lowest BCUT2D eigenvalue weighted by Crippen LogP contribution is -2.32. The summed E-state index contributed by atoms with van der Waals surface area (Å²) in [4.78, 5) is 12.7. The van der Waals surface area contributed by atoms with E-state index in [0.29, 0.717) is 0 Å². The maximum Gasteiger partial charge on any atom is 0.240 e. The summed E-state index contributed by atoms with van der Waals surface area (Å²) in [5.74, 6) is -0.147. The molecule has 3 nitrogen and oxygen atoms in total. The van der Waals surface area contributed by atoms with Crippen LogP contribution in [-0.2, 0) is 4.79 Å². The van der Waals surface area contributed by atoms with Crippen molar-refractivity contribution in [1.82, 2.24) is 0 Å². The van der Waals surface area contributed by atoms with Gasteiger partial charge in [0, 0.05) is 15.8 Å². The number of amides is 1. The Kier molecular flexibility index (Phi) is 6.69. The molecule has 1 atom stereocenters. The third-order valence-corrected chi connectivity index (χ3v) is 4.49. The van der Waals surface area contributed by atoms with Gasteiger partial charge in [-0.05, 0) is 44.0 Å². The lowest BCUT2D eigenvalue weighted by molar-refractivity contribution is -0.117. The van der Waals surface area contributed by atoms with Gasteiger partial charge in [-0.3, -0.25) is 4.79 Å². The summed E-state index contributed by atoms with van der Waals surface area (Å²) in [6.07, 6.45) is 5.38. The highest BCUT2D eigenvalue weighted by Crippen LogP contribution is 2.34. The fourth-order valence-corrected chi connectivity index (χ4v) is 3.32. The van der Waals surface area contributed by atoms with Gasteiger partial charge in [0.1, 0.15) is 0 Å². The quantitative estimate of drug-likeness (QED) is 0.896. The molecule has 0 aromatic heterocycles. The molecule has 1 aromatic carbocycles. The minimum Gasteiger partial charge on any atom is -0.325 e. The molecule has 1 amide bonds. The molecule has 1 aromatic rings. The van der Waals surface area contributed by atoms with Gasteiger partial charge in [-0.15, -0.1) is 24.2 Å². The normalized spacial score (nSPS) is 16.7. The van der Waals surface area contributed by atoms with Crippen LogP contribution < -0.4 is 11.1 Å². The van der Waals surface area contributed by atoms with E-state index in [1.54, 1.807) is 6.92 Å². The van der Waals surface area contributed by atoms with Crippen LogP contribution in [0.2, 0.25) is 0 Å². The van der Waals surface area contributed by atoms with Crippen molar-refractivity contribution < 1.29 is 4.79 Å². The van der Waals surface area contributed by atoms with E-state index < -0.39 is 6.04 Å². The molecular formula is C14H21ClN2OS. The molecule has 1 aliphatic carbocycles. The van der Waals surface area contributed by atoms with E-state index in [2.05, 4.69) is 17.4 Å². The van der Waals surface area contributed by atoms with Gasteiger partial charge < -0.3 is 11.1 Å². The summed E-state index contributed by atoms with van der Waals surface area (Å²) in [5.41, 5.74) is 6.32. The van der Waals surface area contributed by atoms with Crippen molar-refractivity contribution in [3.8, 4) is 0 Å². The first-order valence-corrected chi connectivity index (χ1v) is 7.36. The van der Waals surface area contributed by atoms with Crippen LogP contribution in [0.1, 0.15) is 32.6 Å². The van der Waals surface area contributed by atoms with Crippen LogP contribution in [0, 0.1) is 0 Å². The van der Waals surface area contributed by atoms with Crippen LogP contribution in [0.3, 0.4) is 0 Å². The van der Waals surface area contributed by atoms with Gasteiger partial charge in [-0.25, -0.2) is 0 Å². The summed E-state index contributed by atoms with van der Waals surface area (Å²) in [6.45, 7) is 1.68. The minimum atomic E-state index is -0.474. The Labute approximate surface area is 125 Å². The van der Waals surface area contributed by atoms with Crippen LogP contribution >= 0.6 is 24.2 Å². The predicted octanol–water partition coefficient (Wildman–Crippen LogP) is 3.43. The third kappa shape index (κ3) is 5.05. The number of nitrogens with one attached hydrogen (secondary N) is 1. The summed E-state index contributed by atoms with van der Waals surface area (Å²) in [7, 11) is 0. The first-order valence-electron chi connectivity index (χ1n) is 6.48. The Balaban J connectivity index is 0.00000180. The van der Waals surface area contributed by atoms with E-state index in [9.17, 15) is 4.79 Å². The van der Waals surface area contributed by atoms with Gasteiger partial charge in [0.2, 0.25) is 5.91 Å².